The predicted molar refractivity (Wildman–Crippen MR) is 41.6 cm³/mol. The Morgan fingerprint density at radius 1 is 1.55 bits per heavy atom. The summed E-state index contributed by atoms with van der Waals surface area (Å²) in [5.74, 6) is 0.279. The van der Waals surface area contributed by atoms with Crippen molar-refractivity contribution in [3.05, 3.63) is 30.1 Å². The lowest BCUT2D eigenvalue weighted by Gasteiger charge is -1.98. The zero-order chi connectivity index (χ0) is 7.84. The van der Waals surface area contributed by atoms with Gasteiger partial charge in [0, 0.05) is 6.20 Å². The van der Waals surface area contributed by atoms with Crippen molar-refractivity contribution in [3.8, 4) is 5.75 Å². The molecule has 0 aliphatic rings. The standard InChI is InChI=1S/C8H8N2O/c1-6-4-7-2-3-9-10(7)5-8(6)11/h2-5,11H,1H3. The van der Waals surface area contributed by atoms with Gasteiger partial charge in [-0.05, 0) is 24.6 Å². The van der Waals surface area contributed by atoms with Gasteiger partial charge in [-0.3, -0.25) is 0 Å². The van der Waals surface area contributed by atoms with E-state index < -0.39 is 0 Å². The van der Waals surface area contributed by atoms with Crippen LogP contribution in [0.25, 0.3) is 5.52 Å². The molecule has 0 bridgehead atoms. The van der Waals surface area contributed by atoms with Crippen molar-refractivity contribution >= 4 is 5.52 Å². The molecule has 56 valence electrons. The van der Waals surface area contributed by atoms with E-state index in [0.717, 1.165) is 11.1 Å². The van der Waals surface area contributed by atoms with Crippen LogP contribution >= 0.6 is 0 Å². The van der Waals surface area contributed by atoms with Crippen LogP contribution in [0.3, 0.4) is 0 Å². The Hall–Kier alpha value is -1.51. The number of pyridine rings is 1. The molecular weight excluding hydrogens is 140 g/mol. The van der Waals surface area contributed by atoms with Crippen LogP contribution in [0.15, 0.2) is 24.5 Å². The smallest absolute Gasteiger partial charge is 0.136 e. The first kappa shape index (κ1) is 6.22. The molecule has 1 N–H and O–H groups in total. The molecular formula is C8H8N2O. The van der Waals surface area contributed by atoms with E-state index in [-0.39, 0.29) is 5.75 Å². The Balaban J connectivity index is 2.86. The molecule has 0 aliphatic heterocycles. The summed E-state index contributed by atoms with van der Waals surface area (Å²) >= 11 is 0. The fourth-order valence-corrected chi connectivity index (χ4v) is 1.06. The molecule has 0 aliphatic carbocycles. The number of rotatable bonds is 0. The third kappa shape index (κ3) is 0.852. The molecule has 0 aromatic carbocycles. The van der Waals surface area contributed by atoms with Crippen LogP contribution in [-0.4, -0.2) is 14.7 Å². The number of nitrogens with zero attached hydrogens (tertiary/aromatic N) is 2. The largest absolute Gasteiger partial charge is 0.506 e. The molecule has 2 aromatic rings. The van der Waals surface area contributed by atoms with Gasteiger partial charge in [0.25, 0.3) is 0 Å². The van der Waals surface area contributed by atoms with Crippen molar-refractivity contribution in [2.24, 2.45) is 0 Å². The lowest BCUT2D eigenvalue weighted by atomic mass is 10.2. The van der Waals surface area contributed by atoms with Crippen LogP contribution in [-0.2, 0) is 0 Å². The molecule has 3 heteroatoms. The van der Waals surface area contributed by atoms with Gasteiger partial charge in [-0.25, -0.2) is 4.52 Å². The van der Waals surface area contributed by atoms with E-state index in [1.807, 2.05) is 19.1 Å². The number of fused-ring (bicyclic) bond motifs is 1. The zero-order valence-corrected chi connectivity index (χ0v) is 6.15. The van der Waals surface area contributed by atoms with Crippen molar-refractivity contribution in [2.75, 3.05) is 0 Å². The lowest BCUT2D eigenvalue weighted by molar-refractivity contribution is 0.466. The van der Waals surface area contributed by atoms with Crippen LogP contribution in [0.4, 0.5) is 0 Å². The molecule has 2 heterocycles. The van der Waals surface area contributed by atoms with Gasteiger partial charge < -0.3 is 5.11 Å². The molecule has 0 fully saturated rings. The highest BCUT2D eigenvalue weighted by molar-refractivity contribution is 5.50. The Morgan fingerprint density at radius 3 is 3.18 bits per heavy atom. The lowest BCUT2D eigenvalue weighted by Crippen LogP contribution is -1.86. The van der Waals surface area contributed by atoms with E-state index in [9.17, 15) is 5.11 Å². The van der Waals surface area contributed by atoms with Crippen LogP contribution in [0.5, 0.6) is 5.75 Å². The molecule has 2 aromatic heterocycles. The van der Waals surface area contributed by atoms with Gasteiger partial charge in [0.1, 0.15) is 5.75 Å². The average Bonchev–Trinajstić information content (AvgIpc) is 2.36. The maximum Gasteiger partial charge on any atom is 0.136 e. The van der Waals surface area contributed by atoms with E-state index in [0.29, 0.717) is 0 Å². The van der Waals surface area contributed by atoms with E-state index >= 15 is 0 Å². The summed E-state index contributed by atoms with van der Waals surface area (Å²) < 4.78 is 1.64. The molecule has 0 atom stereocenters. The van der Waals surface area contributed by atoms with Gasteiger partial charge in [-0.2, -0.15) is 5.10 Å². The van der Waals surface area contributed by atoms with Gasteiger partial charge in [0.15, 0.2) is 0 Å². The number of hydrogen-bond donors (Lipinski definition) is 1. The summed E-state index contributed by atoms with van der Waals surface area (Å²) in [7, 11) is 0. The third-order valence-corrected chi connectivity index (χ3v) is 1.71. The minimum Gasteiger partial charge on any atom is -0.506 e. The van der Waals surface area contributed by atoms with Gasteiger partial charge in [-0.15, -0.1) is 0 Å². The monoisotopic (exact) mass is 148 g/mol. The molecule has 0 radical (unpaired) electrons. The Bertz CT molecular complexity index is 356. The van der Waals surface area contributed by atoms with Gasteiger partial charge in [0.05, 0.1) is 11.7 Å². The minimum atomic E-state index is 0.279. The molecule has 0 unspecified atom stereocenters. The maximum atomic E-state index is 9.27. The highest BCUT2D eigenvalue weighted by atomic mass is 16.3. The molecule has 0 spiro atoms. The van der Waals surface area contributed by atoms with Crippen LogP contribution in [0.1, 0.15) is 5.56 Å². The maximum absolute atomic E-state index is 9.27. The summed E-state index contributed by atoms with van der Waals surface area (Å²) in [6.45, 7) is 1.86. The molecule has 3 nitrogen and oxygen atoms in total. The molecule has 11 heavy (non-hydrogen) atoms. The SMILES string of the molecule is Cc1cc2ccnn2cc1O. The van der Waals surface area contributed by atoms with Crippen molar-refractivity contribution in [3.63, 3.8) is 0 Å². The summed E-state index contributed by atoms with van der Waals surface area (Å²) in [6.07, 6.45) is 3.30. The van der Waals surface area contributed by atoms with E-state index in [1.165, 1.54) is 0 Å². The topological polar surface area (TPSA) is 37.5 Å². The average molecular weight is 148 g/mol. The Morgan fingerprint density at radius 2 is 2.36 bits per heavy atom. The number of hydrogen-bond acceptors (Lipinski definition) is 2. The normalized spacial score (nSPS) is 10.6. The van der Waals surface area contributed by atoms with E-state index in [4.69, 9.17) is 0 Å². The third-order valence-electron chi connectivity index (χ3n) is 1.71. The van der Waals surface area contributed by atoms with Crippen molar-refractivity contribution in [1.29, 1.82) is 0 Å². The second kappa shape index (κ2) is 1.99. The summed E-state index contributed by atoms with van der Waals surface area (Å²) in [5, 5.41) is 13.3. The van der Waals surface area contributed by atoms with Crippen molar-refractivity contribution in [2.45, 2.75) is 6.92 Å². The van der Waals surface area contributed by atoms with Gasteiger partial charge in [0.2, 0.25) is 0 Å². The molecule has 0 saturated heterocycles. The second-order valence-corrected chi connectivity index (χ2v) is 2.54. The first-order valence-corrected chi connectivity index (χ1v) is 3.40. The number of aromatic nitrogens is 2. The highest BCUT2D eigenvalue weighted by Gasteiger charge is 1.98. The van der Waals surface area contributed by atoms with E-state index in [1.54, 1.807) is 16.9 Å². The summed E-state index contributed by atoms with van der Waals surface area (Å²) in [5.41, 5.74) is 1.87. The second-order valence-electron chi connectivity index (χ2n) is 2.54. The van der Waals surface area contributed by atoms with E-state index in [2.05, 4.69) is 5.10 Å². The molecule has 2 rings (SSSR count). The first-order chi connectivity index (χ1) is 5.27. The Labute approximate surface area is 63.9 Å². The van der Waals surface area contributed by atoms with Crippen molar-refractivity contribution < 1.29 is 5.11 Å². The fraction of sp³-hybridized carbons (Fsp3) is 0.125. The zero-order valence-electron chi connectivity index (χ0n) is 6.15. The molecule has 0 amide bonds. The Kier molecular flexibility index (Phi) is 1.12. The minimum absolute atomic E-state index is 0.279. The predicted octanol–water partition coefficient (Wildman–Crippen LogP) is 1.35. The number of aromatic hydroxyl groups is 1. The summed E-state index contributed by atoms with van der Waals surface area (Å²) in [6, 6.07) is 3.79. The van der Waals surface area contributed by atoms with Crippen molar-refractivity contribution in [1.82, 2.24) is 9.61 Å². The van der Waals surface area contributed by atoms with Gasteiger partial charge >= 0.3 is 0 Å². The quantitative estimate of drug-likeness (QED) is 0.612. The fourth-order valence-electron chi connectivity index (χ4n) is 1.06. The highest BCUT2D eigenvalue weighted by Crippen LogP contribution is 2.16. The summed E-state index contributed by atoms with van der Waals surface area (Å²) in [4.78, 5) is 0. The van der Waals surface area contributed by atoms with Gasteiger partial charge in [-0.1, -0.05) is 0 Å². The van der Waals surface area contributed by atoms with Crippen LogP contribution in [0, 0.1) is 6.92 Å². The molecule has 0 saturated carbocycles. The first-order valence-electron chi connectivity index (χ1n) is 3.40. The van der Waals surface area contributed by atoms with Crippen LogP contribution < -0.4 is 0 Å². The number of aryl methyl sites for hydroxylation is 1. The van der Waals surface area contributed by atoms with Crippen LogP contribution in [0.2, 0.25) is 0 Å².